The van der Waals surface area contributed by atoms with Gasteiger partial charge in [-0.3, -0.25) is 0 Å². The van der Waals surface area contributed by atoms with Crippen LogP contribution in [0.3, 0.4) is 0 Å². The van der Waals surface area contributed by atoms with Crippen LogP contribution in [-0.2, 0) is 6.42 Å². The summed E-state index contributed by atoms with van der Waals surface area (Å²) in [7, 11) is 0. The molecule has 1 saturated carbocycles. The molecule has 0 aliphatic heterocycles. The van der Waals surface area contributed by atoms with Crippen LogP contribution in [0.1, 0.15) is 48.6 Å². The van der Waals surface area contributed by atoms with E-state index < -0.39 is 5.60 Å². The third-order valence-electron chi connectivity index (χ3n) is 4.01. The molecule has 3 rings (SSSR count). The number of hydrogen-bond acceptors (Lipinski definition) is 3. The van der Waals surface area contributed by atoms with Gasteiger partial charge in [0, 0.05) is 17.5 Å². The Labute approximate surface area is 101 Å². The van der Waals surface area contributed by atoms with Gasteiger partial charge in [0.1, 0.15) is 0 Å². The number of aryl methyl sites for hydroxylation is 1. The van der Waals surface area contributed by atoms with Crippen molar-refractivity contribution in [3.8, 4) is 0 Å². The molecule has 88 valence electrons. The molecule has 0 aromatic carbocycles. The van der Waals surface area contributed by atoms with Crippen LogP contribution in [0.15, 0.2) is 11.4 Å². The molecule has 0 saturated heterocycles. The van der Waals surface area contributed by atoms with Crippen molar-refractivity contribution in [1.82, 2.24) is 5.32 Å². The van der Waals surface area contributed by atoms with Gasteiger partial charge in [-0.1, -0.05) is 0 Å². The molecule has 1 heterocycles. The van der Waals surface area contributed by atoms with E-state index in [0.29, 0.717) is 6.04 Å². The molecule has 0 radical (unpaired) electrons. The van der Waals surface area contributed by atoms with Crippen molar-refractivity contribution < 1.29 is 5.11 Å². The number of aliphatic hydroxyl groups is 1. The lowest BCUT2D eigenvalue weighted by atomic mass is 9.80. The molecule has 2 aliphatic rings. The Kier molecular flexibility index (Phi) is 2.78. The first kappa shape index (κ1) is 10.8. The standard InChI is InChI=1S/C13H19NOS/c15-13(6-2-7-13)9-14-11-3-1-4-12-10(11)5-8-16-12/h5,8,11,14-15H,1-4,6-7,9H2. The molecule has 0 bridgehead atoms. The summed E-state index contributed by atoms with van der Waals surface area (Å²) in [6.07, 6.45) is 6.89. The van der Waals surface area contributed by atoms with Crippen molar-refractivity contribution in [1.29, 1.82) is 0 Å². The molecule has 0 amide bonds. The van der Waals surface area contributed by atoms with Gasteiger partial charge in [0.25, 0.3) is 0 Å². The predicted octanol–water partition coefficient (Wildman–Crippen LogP) is 2.63. The molecule has 2 N–H and O–H groups in total. The molecule has 16 heavy (non-hydrogen) atoms. The number of thiophene rings is 1. The highest BCUT2D eigenvalue weighted by molar-refractivity contribution is 7.10. The normalized spacial score (nSPS) is 27.2. The van der Waals surface area contributed by atoms with Gasteiger partial charge in [-0.2, -0.15) is 0 Å². The van der Waals surface area contributed by atoms with E-state index in [-0.39, 0.29) is 0 Å². The molecule has 1 fully saturated rings. The molecule has 1 aromatic heterocycles. The van der Waals surface area contributed by atoms with E-state index in [1.165, 1.54) is 31.2 Å². The van der Waals surface area contributed by atoms with Crippen molar-refractivity contribution >= 4 is 11.3 Å². The Morgan fingerprint density at radius 1 is 1.44 bits per heavy atom. The lowest BCUT2D eigenvalue weighted by Gasteiger charge is -2.38. The molecule has 3 heteroatoms. The zero-order valence-corrected chi connectivity index (χ0v) is 10.4. The summed E-state index contributed by atoms with van der Waals surface area (Å²) in [6, 6.07) is 2.74. The Hall–Kier alpha value is -0.380. The lowest BCUT2D eigenvalue weighted by molar-refractivity contribution is -0.0336. The molecule has 1 atom stereocenters. The third-order valence-corrected chi connectivity index (χ3v) is 5.01. The first-order valence-electron chi connectivity index (χ1n) is 6.29. The first-order valence-corrected chi connectivity index (χ1v) is 7.17. The van der Waals surface area contributed by atoms with Gasteiger partial charge in [-0.05, 0) is 55.5 Å². The van der Waals surface area contributed by atoms with E-state index in [0.717, 1.165) is 19.4 Å². The molecule has 2 nitrogen and oxygen atoms in total. The minimum atomic E-state index is -0.395. The average molecular weight is 237 g/mol. The van der Waals surface area contributed by atoms with E-state index in [4.69, 9.17) is 0 Å². The minimum absolute atomic E-state index is 0.395. The van der Waals surface area contributed by atoms with Gasteiger partial charge in [-0.25, -0.2) is 0 Å². The SMILES string of the molecule is OC1(CNC2CCCc3sccc32)CCC1. The quantitative estimate of drug-likeness (QED) is 0.847. The molecule has 2 aliphatic carbocycles. The molecule has 0 spiro atoms. The van der Waals surface area contributed by atoms with Crippen LogP contribution in [0.4, 0.5) is 0 Å². The first-order chi connectivity index (χ1) is 7.77. The minimum Gasteiger partial charge on any atom is -0.389 e. The zero-order valence-electron chi connectivity index (χ0n) is 9.54. The van der Waals surface area contributed by atoms with Crippen LogP contribution < -0.4 is 5.32 Å². The maximum atomic E-state index is 10.1. The van der Waals surface area contributed by atoms with Gasteiger partial charge >= 0.3 is 0 Å². The Bertz CT molecular complexity index is 370. The van der Waals surface area contributed by atoms with Crippen molar-refractivity contribution in [2.24, 2.45) is 0 Å². The van der Waals surface area contributed by atoms with Gasteiger partial charge < -0.3 is 10.4 Å². The molecular weight excluding hydrogens is 218 g/mol. The largest absolute Gasteiger partial charge is 0.389 e. The van der Waals surface area contributed by atoms with Gasteiger partial charge in [0.05, 0.1) is 5.60 Å². The number of nitrogens with one attached hydrogen (secondary N) is 1. The second-order valence-electron chi connectivity index (χ2n) is 5.20. The monoisotopic (exact) mass is 237 g/mol. The van der Waals surface area contributed by atoms with Crippen LogP contribution in [0.5, 0.6) is 0 Å². The fourth-order valence-corrected chi connectivity index (χ4v) is 3.76. The number of fused-ring (bicyclic) bond motifs is 1. The summed E-state index contributed by atoms with van der Waals surface area (Å²) in [4.78, 5) is 1.55. The van der Waals surface area contributed by atoms with E-state index in [2.05, 4.69) is 16.8 Å². The van der Waals surface area contributed by atoms with Crippen molar-refractivity contribution in [2.45, 2.75) is 50.2 Å². The molecular formula is C13H19NOS. The van der Waals surface area contributed by atoms with E-state index in [1.54, 1.807) is 4.88 Å². The molecule has 1 unspecified atom stereocenters. The Morgan fingerprint density at radius 3 is 3.06 bits per heavy atom. The van der Waals surface area contributed by atoms with E-state index in [9.17, 15) is 5.11 Å². The Balaban J connectivity index is 1.64. The van der Waals surface area contributed by atoms with Gasteiger partial charge in [0.15, 0.2) is 0 Å². The lowest BCUT2D eigenvalue weighted by Crippen LogP contribution is -2.47. The highest BCUT2D eigenvalue weighted by atomic mass is 32.1. The van der Waals surface area contributed by atoms with Gasteiger partial charge in [0.2, 0.25) is 0 Å². The summed E-state index contributed by atoms with van der Waals surface area (Å²) < 4.78 is 0. The van der Waals surface area contributed by atoms with Crippen LogP contribution >= 0.6 is 11.3 Å². The van der Waals surface area contributed by atoms with E-state index in [1.807, 2.05) is 11.3 Å². The van der Waals surface area contributed by atoms with Gasteiger partial charge in [-0.15, -0.1) is 11.3 Å². The fraction of sp³-hybridized carbons (Fsp3) is 0.692. The maximum Gasteiger partial charge on any atom is 0.0771 e. The van der Waals surface area contributed by atoms with Crippen LogP contribution in [0.25, 0.3) is 0 Å². The highest BCUT2D eigenvalue weighted by Gasteiger charge is 2.35. The highest BCUT2D eigenvalue weighted by Crippen LogP contribution is 2.35. The maximum absolute atomic E-state index is 10.1. The smallest absolute Gasteiger partial charge is 0.0771 e. The summed E-state index contributed by atoms with van der Waals surface area (Å²) in [5, 5.41) is 15.8. The molecule has 1 aromatic rings. The topological polar surface area (TPSA) is 32.3 Å². The van der Waals surface area contributed by atoms with E-state index >= 15 is 0 Å². The average Bonchev–Trinajstić information content (AvgIpc) is 2.72. The predicted molar refractivity (Wildman–Crippen MR) is 66.8 cm³/mol. The van der Waals surface area contributed by atoms with Crippen molar-refractivity contribution in [3.05, 3.63) is 21.9 Å². The summed E-state index contributed by atoms with van der Waals surface area (Å²) >= 11 is 1.88. The summed E-state index contributed by atoms with van der Waals surface area (Å²) in [6.45, 7) is 0.771. The second kappa shape index (κ2) is 4.13. The van der Waals surface area contributed by atoms with Crippen LogP contribution in [-0.4, -0.2) is 17.3 Å². The van der Waals surface area contributed by atoms with Crippen molar-refractivity contribution in [2.75, 3.05) is 6.54 Å². The second-order valence-corrected chi connectivity index (χ2v) is 6.20. The zero-order chi connectivity index (χ0) is 11.0. The van der Waals surface area contributed by atoms with Crippen LogP contribution in [0.2, 0.25) is 0 Å². The number of rotatable bonds is 3. The Morgan fingerprint density at radius 2 is 2.31 bits per heavy atom. The third kappa shape index (κ3) is 1.92. The summed E-state index contributed by atoms with van der Waals surface area (Å²) in [5.74, 6) is 0. The number of hydrogen-bond donors (Lipinski definition) is 2. The fourth-order valence-electron chi connectivity index (χ4n) is 2.77. The van der Waals surface area contributed by atoms with Crippen LogP contribution in [0, 0.1) is 0 Å². The summed E-state index contributed by atoms with van der Waals surface area (Å²) in [5.41, 5.74) is 1.09. The van der Waals surface area contributed by atoms with Crippen molar-refractivity contribution in [3.63, 3.8) is 0 Å².